The molecule has 0 aliphatic carbocycles. The highest BCUT2D eigenvalue weighted by Gasteiger charge is 2.52. The summed E-state index contributed by atoms with van der Waals surface area (Å²) in [6.45, 7) is 3.64. The van der Waals surface area contributed by atoms with Gasteiger partial charge in [-0.1, -0.05) is 0 Å². The average molecular weight is 318 g/mol. The Labute approximate surface area is 121 Å². The summed E-state index contributed by atoms with van der Waals surface area (Å²) in [5.41, 5.74) is 0.278. The fourth-order valence-electron chi connectivity index (χ4n) is 2.39. The van der Waals surface area contributed by atoms with Gasteiger partial charge in [0.25, 0.3) is 0 Å². The topological polar surface area (TPSA) is 101 Å². The summed E-state index contributed by atoms with van der Waals surface area (Å²) in [6.07, 6.45) is -2.25. The fourth-order valence-corrected chi connectivity index (χ4v) is 3.40. The van der Waals surface area contributed by atoms with E-state index in [9.17, 15) is 13.2 Å². The number of aryl methyl sites for hydroxylation is 1. The first-order valence-corrected chi connectivity index (χ1v) is 7.75. The molecule has 9 heteroatoms. The number of fused-ring (bicyclic) bond motifs is 1. The van der Waals surface area contributed by atoms with Crippen molar-refractivity contribution >= 4 is 16.4 Å². The van der Waals surface area contributed by atoms with E-state index >= 15 is 0 Å². The summed E-state index contributed by atoms with van der Waals surface area (Å²) in [7, 11) is -3.99. The Hall–Kier alpha value is -1.42. The van der Waals surface area contributed by atoms with E-state index in [1.807, 2.05) is 0 Å². The molecule has 3 rings (SSSR count). The molecule has 2 aliphatic heterocycles. The van der Waals surface area contributed by atoms with Crippen molar-refractivity contribution in [2.24, 2.45) is 0 Å². The molecule has 0 bridgehead atoms. The molecular formula is C12H14O8S. The molecule has 0 N–H and O–H groups in total. The van der Waals surface area contributed by atoms with Crippen LogP contribution in [0.2, 0.25) is 0 Å². The molecule has 2 fully saturated rings. The molecule has 8 nitrogen and oxygen atoms in total. The minimum absolute atomic E-state index is 0.0725. The predicted octanol–water partition coefficient (Wildman–Crippen LogP) is 0.865. The Morgan fingerprint density at radius 3 is 2.90 bits per heavy atom. The molecule has 0 spiro atoms. The number of ether oxygens (including phenoxy) is 2. The minimum atomic E-state index is -3.99. The van der Waals surface area contributed by atoms with Crippen LogP contribution >= 0.6 is 0 Å². The largest absolute Gasteiger partial charge is 0.463 e. The van der Waals surface area contributed by atoms with Gasteiger partial charge in [-0.15, -0.1) is 0 Å². The van der Waals surface area contributed by atoms with Gasteiger partial charge in [0.15, 0.2) is 0 Å². The molecule has 116 valence electrons. The molecule has 2 aliphatic rings. The van der Waals surface area contributed by atoms with E-state index in [2.05, 4.69) is 0 Å². The lowest BCUT2D eigenvalue weighted by Crippen LogP contribution is -2.21. The second-order valence-corrected chi connectivity index (χ2v) is 5.90. The van der Waals surface area contributed by atoms with E-state index in [0.717, 1.165) is 0 Å². The lowest BCUT2D eigenvalue weighted by atomic mass is 10.1. The van der Waals surface area contributed by atoms with Crippen LogP contribution in [0, 0.1) is 6.92 Å². The van der Waals surface area contributed by atoms with Crippen LogP contribution in [0.3, 0.4) is 0 Å². The first-order chi connectivity index (χ1) is 9.91. The molecule has 0 aromatic carbocycles. The van der Waals surface area contributed by atoms with Gasteiger partial charge in [-0.3, -0.25) is 0 Å². The lowest BCUT2D eigenvalue weighted by Gasteiger charge is -2.11. The van der Waals surface area contributed by atoms with Gasteiger partial charge in [0.2, 0.25) is 0 Å². The Kier molecular flexibility index (Phi) is 3.52. The van der Waals surface area contributed by atoms with E-state index in [0.29, 0.717) is 11.5 Å². The molecule has 1 aromatic heterocycles. The predicted molar refractivity (Wildman–Crippen MR) is 66.8 cm³/mol. The van der Waals surface area contributed by atoms with Gasteiger partial charge in [0, 0.05) is 0 Å². The summed E-state index contributed by atoms with van der Waals surface area (Å²) < 4.78 is 48.0. The molecule has 0 amide bonds. The number of rotatable bonds is 3. The zero-order chi connectivity index (χ0) is 15.2. The van der Waals surface area contributed by atoms with Gasteiger partial charge in [0.1, 0.15) is 35.4 Å². The van der Waals surface area contributed by atoms with Crippen LogP contribution < -0.4 is 0 Å². The normalized spacial score (nSPS) is 30.3. The Balaban J connectivity index is 1.85. The molecule has 3 atom stereocenters. The highest BCUT2D eigenvalue weighted by Crippen LogP contribution is 2.40. The van der Waals surface area contributed by atoms with Crippen molar-refractivity contribution in [3.63, 3.8) is 0 Å². The molecule has 0 radical (unpaired) electrons. The van der Waals surface area contributed by atoms with Crippen LogP contribution in [0.15, 0.2) is 10.5 Å². The summed E-state index contributed by atoms with van der Waals surface area (Å²) >= 11 is 0. The van der Waals surface area contributed by atoms with E-state index in [-0.39, 0.29) is 18.8 Å². The third-order valence-corrected chi connectivity index (χ3v) is 4.23. The van der Waals surface area contributed by atoms with Crippen LogP contribution in [-0.2, 0) is 28.2 Å². The summed E-state index contributed by atoms with van der Waals surface area (Å²) in [6, 6.07) is 1.48. The van der Waals surface area contributed by atoms with Gasteiger partial charge in [-0.2, -0.15) is 8.42 Å². The van der Waals surface area contributed by atoms with Crippen molar-refractivity contribution in [1.82, 2.24) is 0 Å². The molecule has 21 heavy (non-hydrogen) atoms. The minimum Gasteiger partial charge on any atom is -0.463 e. The Bertz CT molecular complexity index is 661. The quantitative estimate of drug-likeness (QED) is 0.756. The highest BCUT2D eigenvalue weighted by molar-refractivity contribution is 7.82. The van der Waals surface area contributed by atoms with Crippen molar-refractivity contribution < 1.29 is 35.5 Å². The molecule has 0 unspecified atom stereocenters. The van der Waals surface area contributed by atoms with Crippen LogP contribution in [-0.4, -0.2) is 39.8 Å². The van der Waals surface area contributed by atoms with Crippen LogP contribution in [0.25, 0.3) is 0 Å². The van der Waals surface area contributed by atoms with Crippen LogP contribution in [0.1, 0.15) is 34.9 Å². The SMILES string of the molecule is CCOC(=O)c1cc([C@H]2OC[C@H]3OS(=O)(=O)O[C@@H]23)oc1C. The van der Waals surface area contributed by atoms with Crippen LogP contribution in [0.4, 0.5) is 0 Å². The van der Waals surface area contributed by atoms with Gasteiger partial charge in [0.05, 0.1) is 13.2 Å². The number of hydrogen-bond donors (Lipinski definition) is 0. The van der Waals surface area contributed by atoms with Crippen molar-refractivity contribution in [3.8, 4) is 0 Å². The number of carbonyl (C=O) groups excluding carboxylic acids is 1. The fraction of sp³-hybridized carbons (Fsp3) is 0.583. The van der Waals surface area contributed by atoms with Crippen molar-refractivity contribution in [2.75, 3.05) is 13.2 Å². The second-order valence-electron chi connectivity index (χ2n) is 4.70. The standard InChI is InChI=1S/C12H14O8S/c1-3-16-12(13)7-4-8(18-6(7)2)10-11-9(5-17-10)19-21(14,15)20-11/h4,9-11H,3,5H2,1-2H3/t9-,10-,11-/m1/s1. The molecular weight excluding hydrogens is 304 g/mol. The zero-order valence-electron chi connectivity index (χ0n) is 11.4. The Morgan fingerprint density at radius 2 is 2.19 bits per heavy atom. The first kappa shape index (κ1) is 14.5. The summed E-state index contributed by atoms with van der Waals surface area (Å²) in [4.78, 5) is 11.7. The first-order valence-electron chi connectivity index (χ1n) is 6.42. The third-order valence-electron chi connectivity index (χ3n) is 3.29. The maximum Gasteiger partial charge on any atom is 0.400 e. The number of esters is 1. The highest BCUT2D eigenvalue weighted by atomic mass is 32.3. The molecule has 0 saturated carbocycles. The van der Waals surface area contributed by atoms with Crippen molar-refractivity contribution in [1.29, 1.82) is 0 Å². The second kappa shape index (κ2) is 5.09. The summed E-state index contributed by atoms with van der Waals surface area (Å²) in [5, 5.41) is 0. The van der Waals surface area contributed by atoms with Crippen molar-refractivity contribution in [2.45, 2.75) is 32.2 Å². The number of hydrogen-bond acceptors (Lipinski definition) is 8. The maximum atomic E-state index is 11.7. The third kappa shape index (κ3) is 2.57. The monoisotopic (exact) mass is 318 g/mol. The molecule has 1 aromatic rings. The zero-order valence-corrected chi connectivity index (χ0v) is 12.2. The van der Waals surface area contributed by atoms with E-state index in [1.54, 1.807) is 13.8 Å². The van der Waals surface area contributed by atoms with Crippen LogP contribution in [0.5, 0.6) is 0 Å². The molecule has 2 saturated heterocycles. The molecule has 3 heterocycles. The van der Waals surface area contributed by atoms with E-state index in [1.165, 1.54) is 6.07 Å². The lowest BCUT2D eigenvalue weighted by molar-refractivity contribution is 0.0391. The maximum absolute atomic E-state index is 11.7. The van der Waals surface area contributed by atoms with Gasteiger partial charge in [-0.05, 0) is 19.9 Å². The average Bonchev–Trinajstić information content (AvgIpc) is 3.01. The smallest absolute Gasteiger partial charge is 0.400 e. The Morgan fingerprint density at radius 1 is 1.43 bits per heavy atom. The van der Waals surface area contributed by atoms with E-state index < -0.39 is 34.7 Å². The number of furan rings is 1. The van der Waals surface area contributed by atoms with Crippen molar-refractivity contribution in [3.05, 3.63) is 23.2 Å². The summed E-state index contributed by atoms with van der Waals surface area (Å²) in [5.74, 6) is 0.178. The van der Waals surface area contributed by atoms with Gasteiger partial charge < -0.3 is 13.9 Å². The van der Waals surface area contributed by atoms with E-state index in [4.69, 9.17) is 22.3 Å². The number of carbonyl (C=O) groups is 1. The van der Waals surface area contributed by atoms with Gasteiger partial charge >= 0.3 is 16.4 Å². The van der Waals surface area contributed by atoms with Gasteiger partial charge in [-0.25, -0.2) is 13.2 Å².